The summed E-state index contributed by atoms with van der Waals surface area (Å²) in [6, 6.07) is 7.23. The van der Waals surface area contributed by atoms with Crippen LogP contribution >= 0.6 is 0 Å². The predicted octanol–water partition coefficient (Wildman–Crippen LogP) is 3.68. The molecule has 0 aliphatic carbocycles. The van der Waals surface area contributed by atoms with Gasteiger partial charge in [0, 0.05) is 24.5 Å². The summed E-state index contributed by atoms with van der Waals surface area (Å²) in [6.07, 6.45) is -1.25. The average Bonchev–Trinajstić information content (AvgIpc) is 3.32. The van der Waals surface area contributed by atoms with Gasteiger partial charge in [0.25, 0.3) is 5.91 Å². The molecule has 1 fully saturated rings. The molecule has 6 nitrogen and oxygen atoms in total. The highest BCUT2D eigenvalue weighted by Crippen LogP contribution is 2.35. The number of rotatable bonds is 3. The Morgan fingerprint density at radius 1 is 1.29 bits per heavy atom. The van der Waals surface area contributed by atoms with Gasteiger partial charge in [-0.2, -0.15) is 18.3 Å². The number of fused-ring (bicyclic) bond motifs is 1. The summed E-state index contributed by atoms with van der Waals surface area (Å²) in [5.41, 5.74) is 0.340. The van der Waals surface area contributed by atoms with Crippen LogP contribution in [0.15, 0.2) is 36.5 Å². The van der Waals surface area contributed by atoms with E-state index in [1.165, 1.54) is 6.20 Å². The summed E-state index contributed by atoms with van der Waals surface area (Å²) >= 11 is 0. The lowest BCUT2D eigenvalue weighted by atomic mass is 10.1. The first kappa shape index (κ1) is 18.4. The molecule has 0 spiro atoms. The van der Waals surface area contributed by atoms with Gasteiger partial charge in [0.2, 0.25) is 0 Å². The van der Waals surface area contributed by atoms with E-state index in [1.54, 1.807) is 36.1 Å². The molecule has 3 aromatic rings. The third kappa shape index (κ3) is 3.21. The number of hydrogen-bond donors (Lipinski definition) is 0. The van der Waals surface area contributed by atoms with E-state index in [1.807, 2.05) is 0 Å². The van der Waals surface area contributed by atoms with Crippen LogP contribution in [-0.4, -0.2) is 36.9 Å². The van der Waals surface area contributed by atoms with E-state index in [2.05, 4.69) is 15.1 Å². The second-order valence-electron chi connectivity index (χ2n) is 6.69. The van der Waals surface area contributed by atoms with Crippen LogP contribution in [0, 0.1) is 0 Å². The van der Waals surface area contributed by atoms with E-state index < -0.39 is 17.9 Å². The van der Waals surface area contributed by atoms with Crippen molar-refractivity contribution in [3.63, 3.8) is 0 Å². The molecule has 28 heavy (non-hydrogen) atoms. The number of amides is 1. The Morgan fingerprint density at radius 3 is 2.79 bits per heavy atom. The summed E-state index contributed by atoms with van der Waals surface area (Å²) in [6.45, 7) is 2.26. The Bertz CT molecular complexity index is 1020. The Labute approximate surface area is 159 Å². The van der Waals surface area contributed by atoms with Crippen LogP contribution in [0.1, 0.15) is 53.4 Å². The van der Waals surface area contributed by atoms with Crippen molar-refractivity contribution >= 4 is 11.6 Å². The molecule has 0 radical (unpaired) electrons. The summed E-state index contributed by atoms with van der Waals surface area (Å²) in [4.78, 5) is 22.8. The predicted molar refractivity (Wildman–Crippen MR) is 94.6 cm³/mol. The summed E-state index contributed by atoms with van der Waals surface area (Å²) < 4.78 is 41.3. The van der Waals surface area contributed by atoms with Crippen LogP contribution in [0.5, 0.6) is 0 Å². The van der Waals surface area contributed by atoms with Gasteiger partial charge in [-0.05, 0) is 37.5 Å². The number of aryl methyl sites for hydroxylation is 1. The van der Waals surface area contributed by atoms with Gasteiger partial charge in [0.1, 0.15) is 11.4 Å². The van der Waals surface area contributed by atoms with Gasteiger partial charge >= 0.3 is 6.18 Å². The maximum absolute atomic E-state index is 13.5. The van der Waals surface area contributed by atoms with Crippen molar-refractivity contribution in [3.05, 3.63) is 59.3 Å². The summed E-state index contributed by atoms with van der Waals surface area (Å²) in [7, 11) is 0. The number of carbonyl (C=O) groups excluding carboxylic acids is 1. The van der Waals surface area contributed by atoms with Crippen molar-refractivity contribution in [3.8, 4) is 0 Å². The van der Waals surface area contributed by atoms with Gasteiger partial charge in [0.15, 0.2) is 5.65 Å². The van der Waals surface area contributed by atoms with E-state index in [9.17, 15) is 18.0 Å². The van der Waals surface area contributed by atoms with Gasteiger partial charge in [-0.25, -0.2) is 9.50 Å². The number of carbonyl (C=O) groups is 1. The second-order valence-corrected chi connectivity index (χ2v) is 6.69. The van der Waals surface area contributed by atoms with Crippen molar-refractivity contribution < 1.29 is 18.0 Å². The van der Waals surface area contributed by atoms with E-state index in [4.69, 9.17) is 0 Å². The largest absolute Gasteiger partial charge is 0.433 e. The molecular formula is C19H18F3N5O. The minimum absolute atomic E-state index is 0.138. The fraction of sp³-hybridized carbons (Fsp3) is 0.368. The number of likely N-dealkylation sites (tertiary alicyclic amines) is 1. The van der Waals surface area contributed by atoms with Crippen molar-refractivity contribution in [2.75, 3.05) is 6.54 Å². The number of hydrogen-bond acceptors (Lipinski definition) is 4. The van der Waals surface area contributed by atoms with Crippen molar-refractivity contribution in [2.45, 2.75) is 38.4 Å². The Kier molecular flexibility index (Phi) is 4.52. The van der Waals surface area contributed by atoms with Gasteiger partial charge in [-0.1, -0.05) is 13.0 Å². The van der Waals surface area contributed by atoms with Gasteiger partial charge in [-0.15, -0.1) is 0 Å². The molecule has 1 atom stereocenters. The molecule has 1 aliphatic heterocycles. The lowest BCUT2D eigenvalue weighted by Gasteiger charge is -2.22. The zero-order valence-corrected chi connectivity index (χ0v) is 15.1. The van der Waals surface area contributed by atoms with Crippen molar-refractivity contribution in [1.29, 1.82) is 0 Å². The normalized spacial score (nSPS) is 17.4. The monoisotopic (exact) mass is 389 g/mol. The zero-order valence-electron chi connectivity index (χ0n) is 15.1. The third-order valence-electron chi connectivity index (χ3n) is 4.89. The molecule has 4 heterocycles. The smallest absolute Gasteiger partial charge is 0.329 e. The van der Waals surface area contributed by atoms with Crippen LogP contribution in [-0.2, 0) is 12.6 Å². The number of halogens is 3. The fourth-order valence-corrected chi connectivity index (χ4v) is 3.54. The third-order valence-corrected chi connectivity index (χ3v) is 4.89. The molecule has 4 rings (SSSR count). The molecule has 1 saturated heterocycles. The van der Waals surface area contributed by atoms with Crippen LogP contribution in [0.3, 0.4) is 0 Å². The Balaban J connectivity index is 1.75. The average molecular weight is 389 g/mol. The van der Waals surface area contributed by atoms with Crippen LogP contribution in [0.4, 0.5) is 13.2 Å². The minimum Gasteiger partial charge on any atom is -0.329 e. The summed E-state index contributed by atoms with van der Waals surface area (Å²) in [5, 5.41) is 4.18. The number of pyridine rings is 1. The molecule has 146 valence electrons. The first-order valence-corrected chi connectivity index (χ1v) is 9.07. The second kappa shape index (κ2) is 6.88. The van der Waals surface area contributed by atoms with Gasteiger partial charge in [-0.3, -0.25) is 9.78 Å². The van der Waals surface area contributed by atoms with E-state index in [0.717, 1.165) is 17.0 Å². The van der Waals surface area contributed by atoms with E-state index in [-0.39, 0.29) is 11.6 Å². The molecule has 1 amide bonds. The highest BCUT2D eigenvalue weighted by atomic mass is 19.4. The Hall–Kier alpha value is -2.97. The SMILES string of the molecule is CCc1cc(C(F)(F)F)n2nc(C3CCCN3C(=O)c3ccccn3)cc2n1. The molecule has 0 N–H and O–H groups in total. The van der Waals surface area contributed by atoms with Crippen molar-refractivity contribution in [2.24, 2.45) is 0 Å². The first-order chi connectivity index (χ1) is 13.4. The number of nitrogens with zero attached hydrogens (tertiary/aromatic N) is 5. The first-order valence-electron chi connectivity index (χ1n) is 9.07. The molecule has 9 heteroatoms. The minimum atomic E-state index is -4.55. The van der Waals surface area contributed by atoms with Crippen LogP contribution < -0.4 is 0 Å². The molecule has 3 aromatic heterocycles. The lowest BCUT2D eigenvalue weighted by molar-refractivity contribution is -0.142. The molecule has 1 aliphatic rings. The quantitative estimate of drug-likeness (QED) is 0.686. The van der Waals surface area contributed by atoms with Crippen LogP contribution in [0.25, 0.3) is 5.65 Å². The molecule has 0 bridgehead atoms. The molecular weight excluding hydrogens is 371 g/mol. The number of aromatic nitrogens is 4. The highest BCUT2D eigenvalue weighted by molar-refractivity contribution is 5.92. The van der Waals surface area contributed by atoms with Crippen molar-refractivity contribution in [1.82, 2.24) is 24.5 Å². The Morgan fingerprint density at radius 2 is 2.11 bits per heavy atom. The van der Waals surface area contributed by atoms with Gasteiger partial charge < -0.3 is 4.90 Å². The highest BCUT2D eigenvalue weighted by Gasteiger charge is 2.37. The number of alkyl halides is 3. The maximum atomic E-state index is 13.5. The molecule has 1 unspecified atom stereocenters. The van der Waals surface area contributed by atoms with Crippen LogP contribution in [0.2, 0.25) is 0 Å². The maximum Gasteiger partial charge on any atom is 0.433 e. The van der Waals surface area contributed by atoms with E-state index in [0.29, 0.717) is 36.5 Å². The molecule has 0 aromatic carbocycles. The van der Waals surface area contributed by atoms with Gasteiger partial charge in [0.05, 0.1) is 11.7 Å². The van der Waals surface area contributed by atoms with E-state index >= 15 is 0 Å². The summed E-state index contributed by atoms with van der Waals surface area (Å²) in [5.74, 6) is -0.251. The standard InChI is InChI=1S/C19H18F3N5O/c1-2-12-10-16(19(20,21)22)27-17(24-12)11-14(25-27)15-7-5-9-26(15)18(28)13-6-3-4-8-23-13/h3-4,6,8,10-11,15H,2,5,7,9H2,1H3. The lowest BCUT2D eigenvalue weighted by Crippen LogP contribution is -2.31. The topological polar surface area (TPSA) is 63.4 Å². The fourth-order valence-electron chi connectivity index (χ4n) is 3.54. The zero-order chi connectivity index (χ0) is 19.9. The molecule has 0 saturated carbocycles.